The number of aryl methyl sites for hydroxylation is 1. The molecule has 0 unspecified atom stereocenters. The van der Waals surface area contributed by atoms with Crippen LogP contribution in [-0.4, -0.2) is 25.1 Å². The summed E-state index contributed by atoms with van der Waals surface area (Å²) in [5, 5.41) is 0. The third kappa shape index (κ3) is 3.45. The first kappa shape index (κ1) is 14.2. The Labute approximate surface area is 127 Å². The van der Waals surface area contributed by atoms with Gasteiger partial charge in [0, 0.05) is 18.7 Å². The summed E-state index contributed by atoms with van der Waals surface area (Å²) in [5.74, 6) is 1.04. The van der Waals surface area contributed by atoms with E-state index in [-0.39, 0.29) is 0 Å². The molecule has 0 bridgehead atoms. The Balaban J connectivity index is 1.56. The van der Waals surface area contributed by atoms with Gasteiger partial charge in [0.05, 0.1) is 7.11 Å². The smallest absolute Gasteiger partial charge is 0.123 e. The van der Waals surface area contributed by atoms with Crippen molar-refractivity contribution in [2.45, 2.75) is 25.8 Å². The third-order valence-corrected chi connectivity index (χ3v) is 4.31. The molecule has 0 saturated heterocycles. The highest BCUT2D eigenvalue weighted by molar-refractivity contribution is 5.41. The van der Waals surface area contributed by atoms with Crippen LogP contribution in [0.15, 0.2) is 48.5 Å². The number of ether oxygens (including phenoxy) is 1. The van der Waals surface area contributed by atoms with Crippen LogP contribution < -0.4 is 4.74 Å². The lowest BCUT2D eigenvalue weighted by Crippen LogP contribution is -2.31. The molecule has 3 rings (SSSR count). The van der Waals surface area contributed by atoms with Crippen LogP contribution in [0.1, 0.15) is 23.1 Å². The second-order valence-electron chi connectivity index (χ2n) is 5.71. The van der Waals surface area contributed by atoms with Gasteiger partial charge in [-0.15, -0.1) is 0 Å². The average molecular weight is 281 g/mol. The van der Waals surface area contributed by atoms with Gasteiger partial charge in [0.1, 0.15) is 5.75 Å². The number of nitrogens with zero attached hydrogens (tertiary/aromatic N) is 1. The maximum atomic E-state index is 5.51. The lowest BCUT2D eigenvalue weighted by molar-refractivity contribution is 0.246. The number of methoxy groups -OCH3 is 1. The van der Waals surface area contributed by atoms with E-state index in [1.807, 2.05) is 0 Å². The topological polar surface area (TPSA) is 12.5 Å². The van der Waals surface area contributed by atoms with Gasteiger partial charge in [0.25, 0.3) is 0 Å². The van der Waals surface area contributed by atoms with Crippen LogP contribution in [0.5, 0.6) is 5.75 Å². The van der Waals surface area contributed by atoms with Gasteiger partial charge in [-0.2, -0.15) is 0 Å². The zero-order valence-corrected chi connectivity index (χ0v) is 12.7. The van der Waals surface area contributed by atoms with E-state index in [0.29, 0.717) is 0 Å². The minimum Gasteiger partial charge on any atom is -0.496 e. The lowest BCUT2D eigenvalue weighted by Gasteiger charge is -2.29. The second-order valence-corrected chi connectivity index (χ2v) is 5.71. The molecule has 1 aliphatic rings. The van der Waals surface area contributed by atoms with Gasteiger partial charge < -0.3 is 4.74 Å². The van der Waals surface area contributed by atoms with Gasteiger partial charge in [-0.3, -0.25) is 4.90 Å². The van der Waals surface area contributed by atoms with Gasteiger partial charge in [-0.1, -0.05) is 42.5 Å². The first-order chi connectivity index (χ1) is 10.4. The summed E-state index contributed by atoms with van der Waals surface area (Å²) >= 11 is 0. The molecule has 0 radical (unpaired) electrons. The Morgan fingerprint density at radius 1 is 1.05 bits per heavy atom. The maximum Gasteiger partial charge on any atom is 0.123 e. The molecule has 0 amide bonds. The molecule has 2 nitrogen and oxygen atoms in total. The van der Waals surface area contributed by atoms with Gasteiger partial charge in [0.15, 0.2) is 0 Å². The summed E-state index contributed by atoms with van der Waals surface area (Å²) in [7, 11) is 1.77. The van der Waals surface area contributed by atoms with Crippen molar-refractivity contribution in [2.75, 3.05) is 20.2 Å². The van der Waals surface area contributed by atoms with Crippen molar-refractivity contribution >= 4 is 0 Å². The molecule has 0 spiro atoms. The van der Waals surface area contributed by atoms with E-state index in [1.54, 1.807) is 7.11 Å². The highest BCUT2D eigenvalue weighted by Gasteiger charge is 2.18. The van der Waals surface area contributed by atoms with Crippen LogP contribution in [-0.2, 0) is 19.4 Å². The maximum absolute atomic E-state index is 5.51. The molecule has 110 valence electrons. The Morgan fingerprint density at radius 2 is 1.90 bits per heavy atom. The first-order valence-corrected chi connectivity index (χ1v) is 7.78. The molecule has 2 heteroatoms. The monoisotopic (exact) mass is 281 g/mol. The number of hydrogen-bond donors (Lipinski definition) is 0. The molecule has 0 atom stereocenters. The van der Waals surface area contributed by atoms with Crippen LogP contribution in [0.4, 0.5) is 0 Å². The molecule has 0 aromatic heterocycles. The molecule has 0 saturated carbocycles. The Bertz CT molecular complexity index is 565. The van der Waals surface area contributed by atoms with Crippen molar-refractivity contribution < 1.29 is 4.74 Å². The van der Waals surface area contributed by atoms with Gasteiger partial charge in [-0.25, -0.2) is 0 Å². The van der Waals surface area contributed by atoms with E-state index < -0.39 is 0 Å². The number of benzene rings is 2. The zero-order valence-electron chi connectivity index (χ0n) is 12.7. The number of fused-ring (bicyclic) bond motifs is 1. The summed E-state index contributed by atoms with van der Waals surface area (Å²) < 4.78 is 5.51. The number of hydrogen-bond acceptors (Lipinski definition) is 2. The Morgan fingerprint density at radius 3 is 2.71 bits per heavy atom. The van der Waals surface area contributed by atoms with Crippen molar-refractivity contribution in [3.63, 3.8) is 0 Å². The molecular formula is C19H23NO. The van der Waals surface area contributed by atoms with Crippen LogP contribution in [0.25, 0.3) is 0 Å². The molecule has 0 N–H and O–H groups in total. The summed E-state index contributed by atoms with van der Waals surface area (Å²) in [6.07, 6.45) is 3.52. The molecule has 1 aliphatic heterocycles. The number of rotatable bonds is 5. The highest BCUT2D eigenvalue weighted by atomic mass is 16.5. The fourth-order valence-electron chi connectivity index (χ4n) is 3.14. The molecule has 1 heterocycles. The summed E-state index contributed by atoms with van der Waals surface area (Å²) in [6.45, 7) is 3.34. The Kier molecular flexibility index (Phi) is 4.56. The minimum absolute atomic E-state index is 1.02. The molecule has 0 fully saturated rings. The van der Waals surface area contributed by atoms with E-state index in [9.17, 15) is 0 Å². The van der Waals surface area contributed by atoms with Gasteiger partial charge in [0.2, 0.25) is 0 Å². The predicted molar refractivity (Wildman–Crippen MR) is 86.7 cm³/mol. The van der Waals surface area contributed by atoms with Gasteiger partial charge in [-0.05, 0) is 43.0 Å². The SMILES string of the molecule is COc1cccc2c1CN(CCCc1ccccc1)CC2. The molecule has 0 aliphatic carbocycles. The first-order valence-electron chi connectivity index (χ1n) is 7.78. The summed E-state index contributed by atoms with van der Waals surface area (Å²) in [4.78, 5) is 2.55. The fourth-order valence-corrected chi connectivity index (χ4v) is 3.14. The van der Waals surface area contributed by atoms with E-state index in [2.05, 4.69) is 53.4 Å². The summed E-state index contributed by atoms with van der Waals surface area (Å²) in [6, 6.07) is 17.2. The summed E-state index contributed by atoms with van der Waals surface area (Å²) in [5.41, 5.74) is 4.27. The largest absolute Gasteiger partial charge is 0.496 e. The molecule has 21 heavy (non-hydrogen) atoms. The van der Waals surface area contributed by atoms with E-state index in [0.717, 1.165) is 38.2 Å². The molecular weight excluding hydrogens is 258 g/mol. The van der Waals surface area contributed by atoms with Crippen molar-refractivity contribution in [2.24, 2.45) is 0 Å². The Hall–Kier alpha value is -1.80. The van der Waals surface area contributed by atoms with Crippen molar-refractivity contribution in [3.8, 4) is 5.75 Å². The van der Waals surface area contributed by atoms with Crippen LogP contribution in [0.2, 0.25) is 0 Å². The van der Waals surface area contributed by atoms with Crippen LogP contribution in [0.3, 0.4) is 0 Å². The quantitative estimate of drug-likeness (QED) is 0.829. The van der Waals surface area contributed by atoms with Crippen LogP contribution >= 0.6 is 0 Å². The van der Waals surface area contributed by atoms with Gasteiger partial charge >= 0.3 is 0 Å². The predicted octanol–water partition coefficient (Wildman–Crippen LogP) is 3.69. The normalized spacial score (nSPS) is 14.7. The molecule has 2 aromatic carbocycles. The lowest BCUT2D eigenvalue weighted by atomic mass is 9.98. The fraction of sp³-hybridized carbons (Fsp3) is 0.368. The average Bonchev–Trinajstić information content (AvgIpc) is 2.55. The third-order valence-electron chi connectivity index (χ3n) is 4.31. The highest BCUT2D eigenvalue weighted by Crippen LogP contribution is 2.27. The van der Waals surface area contributed by atoms with Crippen molar-refractivity contribution in [3.05, 3.63) is 65.2 Å². The van der Waals surface area contributed by atoms with Crippen molar-refractivity contribution in [1.29, 1.82) is 0 Å². The second kappa shape index (κ2) is 6.77. The standard InChI is InChI=1S/C19H23NO/c1-21-19-11-5-10-17-12-14-20(15-18(17)19)13-6-9-16-7-3-2-4-8-16/h2-5,7-8,10-11H,6,9,12-15H2,1H3. The van der Waals surface area contributed by atoms with E-state index >= 15 is 0 Å². The van der Waals surface area contributed by atoms with Crippen LogP contribution in [0, 0.1) is 0 Å². The van der Waals surface area contributed by atoms with E-state index in [1.165, 1.54) is 23.1 Å². The van der Waals surface area contributed by atoms with E-state index in [4.69, 9.17) is 4.74 Å². The van der Waals surface area contributed by atoms with Crippen molar-refractivity contribution in [1.82, 2.24) is 4.90 Å². The zero-order chi connectivity index (χ0) is 14.5. The minimum atomic E-state index is 1.02. The molecule has 2 aromatic rings.